The van der Waals surface area contributed by atoms with Crippen LogP contribution in [0.1, 0.15) is 19.3 Å². The van der Waals surface area contributed by atoms with Gasteiger partial charge in [-0.25, -0.2) is 0 Å². The number of nitrogens with zero attached hydrogens (tertiary/aromatic N) is 2. The monoisotopic (exact) mass is 386 g/mol. The van der Waals surface area contributed by atoms with Gasteiger partial charge in [0.1, 0.15) is 0 Å². The van der Waals surface area contributed by atoms with Gasteiger partial charge in [0, 0.05) is 36.9 Å². The molecular formula is C18H28Cl2N4O. The van der Waals surface area contributed by atoms with E-state index >= 15 is 0 Å². The number of anilines is 1. The molecule has 7 heteroatoms. The summed E-state index contributed by atoms with van der Waals surface area (Å²) in [6.07, 6.45) is 4.75. The average molecular weight is 387 g/mol. The Morgan fingerprint density at radius 2 is 2.04 bits per heavy atom. The number of carbonyl (C=O) groups is 1. The highest BCUT2D eigenvalue weighted by Crippen LogP contribution is 2.26. The number of rotatable bonds is 5. The van der Waals surface area contributed by atoms with Crippen LogP contribution in [0.2, 0.25) is 0 Å². The van der Waals surface area contributed by atoms with E-state index in [2.05, 4.69) is 53.3 Å². The Bertz CT molecular complexity index is 701. The van der Waals surface area contributed by atoms with Crippen LogP contribution in [-0.2, 0) is 11.3 Å². The van der Waals surface area contributed by atoms with Gasteiger partial charge in [-0.05, 0) is 56.9 Å². The van der Waals surface area contributed by atoms with Crippen molar-refractivity contribution in [1.29, 1.82) is 0 Å². The molecule has 1 aromatic heterocycles. The van der Waals surface area contributed by atoms with E-state index in [1.807, 2.05) is 6.07 Å². The maximum atomic E-state index is 12.4. The topological polar surface area (TPSA) is 63.3 Å². The van der Waals surface area contributed by atoms with E-state index in [-0.39, 0.29) is 42.7 Å². The number of carbonyl (C=O) groups excluding carboxylic acids is 1. The lowest BCUT2D eigenvalue weighted by Crippen LogP contribution is -2.23. The first-order valence-corrected chi connectivity index (χ1v) is 8.33. The molecule has 1 aliphatic rings. The van der Waals surface area contributed by atoms with E-state index in [4.69, 9.17) is 5.73 Å². The Balaban J connectivity index is 0.00000156. The average Bonchev–Trinajstić information content (AvgIpc) is 3.11. The Labute approximate surface area is 161 Å². The standard InChI is InChI=1S/C18H26N4O.2ClH/c1-21(2)9-10-22-8-7-13-4-6-16(12-17(13)22)20-18(23)14-3-5-15(19)11-14;;/h4,6-8,12,14-15H,3,5,9-11,19H2,1-2H3,(H,20,23);2*1H. The molecule has 2 atom stereocenters. The highest BCUT2D eigenvalue weighted by Gasteiger charge is 2.27. The predicted octanol–water partition coefficient (Wildman–Crippen LogP) is 3.11. The molecule has 2 aromatic rings. The molecule has 140 valence electrons. The van der Waals surface area contributed by atoms with Crippen LogP contribution in [0.4, 0.5) is 5.69 Å². The molecule has 1 aromatic carbocycles. The molecule has 5 nitrogen and oxygen atoms in total. The van der Waals surface area contributed by atoms with Gasteiger partial charge in [0.2, 0.25) is 5.91 Å². The quantitative estimate of drug-likeness (QED) is 0.829. The van der Waals surface area contributed by atoms with Gasteiger partial charge < -0.3 is 20.5 Å². The van der Waals surface area contributed by atoms with E-state index in [0.717, 1.165) is 43.6 Å². The molecule has 0 aliphatic heterocycles. The number of likely N-dealkylation sites (N-methyl/N-ethyl adjacent to an activating group) is 1. The molecule has 1 aliphatic carbocycles. The van der Waals surface area contributed by atoms with Gasteiger partial charge in [0.05, 0.1) is 5.52 Å². The second-order valence-electron chi connectivity index (χ2n) is 6.85. The molecule has 1 saturated carbocycles. The largest absolute Gasteiger partial charge is 0.346 e. The summed E-state index contributed by atoms with van der Waals surface area (Å²) >= 11 is 0. The number of halogens is 2. The van der Waals surface area contributed by atoms with E-state index in [9.17, 15) is 4.79 Å². The summed E-state index contributed by atoms with van der Waals surface area (Å²) in [5.41, 5.74) is 7.94. The number of nitrogens with one attached hydrogen (secondary N) is 1. The molecule has 2 unspecified atom stereocenters. The number of hydrogen-bond donors (Lipinski definition) is 2. The summed E-state index contributed by atoms with van der Waals surface area (Å²) in [7, 11) is 4.15. The number of aromatic nitrogens is 1. The third kappa shape index (κ3) is 5.35. The summed E-state index contributed by atoms with van der Waals surface area (Å²) in [6, 6.07) is 8.41. The van der Waals surface area contributed by atoms with Crippen molar-refractivity contribution < 1.29 is 4.79 Å². The summed E-state index contributed by atoms with van der Waals surface area (Å²) in [5.74, 6) is 0.157. The van der Waals surface area contributed by atoms with Crippen molar-refractivity contribution in [3.8, 4) is 0 Å². The van der Waals surface area contributed by atoms with Crippen LogP contribution in [0.3, 0.4) is 0 Å². The second kappa shape index (κ2) is 9.43. The first-order chi connectivity index (χ1) is 11.0. The van der Waals surface area contributed by atoms with Gasteiger partial charge in [-0.2, -0.15) is 0 Å². The number of hydrogen-bond acceptors (Lipinski definition) is 3. The minimum atomic E-state index is 0. The first kappa shape index (κ1) is 21.8. The van der Waals surface area contributed by atoms with Crippen LogP contribution < -0.4 is 11.1 Å². The van der Waals surface area contributed by atoms with Crippen molar-refractivity contribution in [3.63, 3.8) is 0 Å². The smallest absolute Gasteiger partial charge is 0.227 e. The number of benzene rings is 1. The fourth-order valence-corrected chi connectivity index (χ4v) is 3.26. The van der Waals surface area contributed by atoms with Crippen LogP contribution in [-0.4, -0.2) is 42.1 Å². The van der Waals surface area contributed by atoms with Crippen molar-refractivity contribution in [2.75, 3.05) is 26.0 Å². The van der Waals surface area contributed by atoms with Crippen LogP contribution in [0.25, 0.3) is 10.9 Å². The molecule has 0 saturated heterocycles. The third-order valence-electron chi connectivity index (χ3n) is 4.67. The number of amides is 1. The van der Waals surface area contributed by atoms with Gasteiger partial charge in [-0.15, -0.1) is 24.8 Å². The van der Waals surface area contributed by atoms with Crippen molar-refractivity contribution in [2.45, 2.75) is 31.8 Å². The molecule has 1 amide bonds. The summed E-state index contributed by atoms with van der Waals surface area (Å²) in [4.78, 5) is 14.5. The summed E-state index contributed by atoms with van der Waals surface area (Å²) < 4.78 is 2.23. The lowest BCUT2D eigenvalue weighted by atomic mass is 10.1. The van der Waals surface area contributed by atoms with Crippen molar-refractivity contribution in [2.24, 2.45) is 11.7 Å². The fraction of sp³-hybridized carbons (Fsp3) is 0.500. The number of nitrogens with two attached hydrogens (primary N) is 1. The van der Waals surface area contributed by atoms with Crippen molar-refractivity contribution in [1.82, 2.24) is 9.47 Å². The fourth-order valence-electron chi connectivity index (χ4n) is 3.26. The van der Waals surface area contributed by atoms with E-state index in [1.165, 1.54) is 5.39 Å². The molecule has 1 fully saturated rings. The van der Waals surface area contributed by atoms with Crippen LogP contribution in [0.5, 0.6) is 0 Å². The minimum Gasteiger partial charge on any atom is -0.346 e. The predicted molar refractivity (Wildman–Crippen MR) is 109 cm³/mol. The number of fused-ring (bicyclic) bond motifs is 1. The Morgan fingerprint density at radius 3 is 2.68 bits per heavy atom. The van der Waals surface area contributed by atoms with E-state index < -0.39 is 0 Å². The first-order valence-electron chi connectivity index (χ1n) is 8.33. The van der Waals surface area contributed by atoms with Crippen LogP contribution in [0.15, 0.2) is 30.5 Å². The zero-order valence-corrected chi connectivity index (χ0v) is 16.4. The summed E-state index contributed by atoms with van der Waals surface area (Å²) in [5, 5.41) is 4.26. The molecular weight excluding hydrogens is 359 g/mol. The minimum absolute atomic E-state index is 0. The van der Waals surface area contributed by atoms with Gasteiger partial charge in [0.25, 0.3) is 0 Å². The summed E-state index contributed by atoms with van der Waals surface area (Å²) in [6.45, 7) is 1.92. The molecule has 0 spiro atoms. The lowest BCUT2D eigenvalue weighted by molar-refractivity contribution is -0.119. The normalized spacial score (nSPS) is 19.5. The van der Waals surface area contributed by atoms with Gasteiger partial charge >= 0.3 is 0 Å². The molecule has 1 heterocycles. The molecule has 25 heavy (non-hydrogen) atoms. The van der Waals surface area contributed by atoms with Gasteiger partial charge in [-0.3, -0.25) is 4.79 Å². The third-order valence-corrected chi connectivity index (χ3v) is 4.67. The van der Waals surface area contributed by atoms with Crippen LogP contribution in [0, 0.1) is 5.92 Å². The maximum absolute atomic E-state index is 12.4. The SMILES string of the molecule is CN(C)CCn1ccc2ccc(NC(=O)C3CCC(N)C3)cc21.Cl.Cl. The highest BCUT2D eigenvalue weighted by molar-refractivity contribution is 5.95. The Morgan fingerprint density at radius 1 is 1.28 bits per heavy atom. The molecule has 0 radical (unpaired) electrons. The second-order valence-corrected chi connectivity index (χ2v) is 6.85. The van der Waals surface area contributed by atoms with Crippen molar-refractivity contribution >= 4 is 47.3 Å². The Kier molecular flexibility index (Phi) is 8.22. The van der Waals surface area contributed by atoms with E-state index in [1.54, 1.807) is 0 Å². The van der Waals surface area contributed by atoms with Gasteiger partial charge in [0.15, 0.2) is 0 Å². The maximum Gasteiger partial charge on any atom is 0.227 e. The van der Waals surface area contributed by atoms with Gasteiger partial charge in [-0.1, -0.05) is 6.07 Å². The van der Waals surface area contributed by atoms with Crippen LogP contribution >= 0.6 is 24.8 Å². The molecule has 3 rings (SSSR count). The highest BCUT2D eigenvalue weighted by atomic mass is 35.5. The molecule has 0 bridgehead atoms. The van der Waals surface area contributed by atoms with E-state index in [0.29, 0.717) is 0 Å². The zero-order chi connectivity index (χ0) is 16.4. The zero-order valence-electron chi connectivity index (χ0n) is 14.8. The van der Waals surface area contributed by atoms with Crippen molar-refractivity contribution in [3.05, 3.63) is 30.5 Å². The Hall–Kier alpha value is -1.27. The molecule has 3 N–H and O–H groups in total. The lowest BCUT2D eigenvalue weighted by Gasteiger charge is -2.13.